The molecule has 3 rings (SSSR count). The van der Waals surface area contributed by atoms with Gasteiger partial charge in [0.1, 0.15) is 0 Å². The summed E-state index contributed by atoms with van der Waals surface area (Å²) in [6, 6.07) is 8.25. The molecule has 0 radical (unpaired) electrons. The highest BCUT2D eigenvalue weighted by atomic mass is 16.4. The number of hydrogen-bond acceptors (Lipinski definition) is 2. The van der Waals surface area contributed by atoms with Crippen LogP contribution < -0.4 is 0 Å². The van der Waals surface area contributed by atoms with Crippen molar-refractivity contribution in [3.8, 4) is 0 Å². The monoisotopic (exact) mass is 287 g/mol. The van der Waals surface area contributed by atoms with Gasteiger partial charge in [0, 0.05) is 19.0 Å². The normalized spacial score (nSPS) is 25.2. The van der Waals surface area contributed by atoms with Crippen molar-refractivity contribution in [3.63, 3.8) is 0 Å². The molecule has 0 spiro atoms. The van der Waals surface area contributed by atoms with E-state index in [-0.39, 0.29) is 17.7 Å². The lowest BCUT2D eigenvalue weighted by Gasteiger charge is -2.34. The summed E-state index contributed by atoms with van der Waals surface area (Å²) in [5.74, 6) is -1.05. The van der Waals surface area contributed by atoms with Gasteiger partial charge in [0.25, 0.3) is 0 Å². The van der Waals surface area contributed by atoms with Gasteiger partial charge in [-0.05, 0) is 36.8 Å². The van der Waals surface area contributed by atoms with E-state index in [4.69, 9.17) is 5.11 Å². The van der Waals surface area contributed by atoms with Crippen LogP contribution in [0.15, 0.2) is 24.3 Å². The minimum absolute atomic E-state index is 0.106. The van der Waals surface area contributed by atoms with Gasteiger partial charge in [-0.3, -0.25) is 9.59 Å². The maximum atomic E-state index is 12.7. The second-order valence-corrected chi connectivity index (χ2v) is 6.18. The fourth-order valence-electron chi connectivity index (χ4n) is 3.58. The van der Waals surface area contributed by atoms with Crippen LogP contribution in [0.3, 0.4) is 0 Å². The van der Waals surface area contributed by atoms with Gasteiger partial charge in [0.2, 0.25) is 5.91 Å². The molecule has 4 heteroatoms. The van der Waals surface area contributed by atoms with E-state index in [0.29, 0.717) is 19.4 Å². The van der Waals surface area contributed by atoms with Crippen molar-refractivity contribution < 1.29 is 14.7 Å². The van der Waals surface area contributed by atoms with Crippen molar-refractivity contribution in [2.45, 2.75) is 38.6 Å². The van der Waals surface area contributed by atoms with Gasteiger partial charge in [0.05, 0.1) is 5.92 Å². The van der Waals surface area contributed by atoms with E-state index in [9.17, 15) is 9.59 Å². The largest absolute Gasteiger partial charge is 0.481 e. The molecule has 21 heavy (non-hydrogen) atoms. The van der Waals surface area contributed by atoms with Crippen LogP contribution in [-0.4, -0.2) is 28.4 Å². The van der Waals surface area contributed by atoms with E-state index in [1.54, 1.807) is 0 Å². The van der Waals surface area contributed by atoms with Crippen LogP contribution in [0.2, 0.25) is 0 Å². The van der Waals surface area contributed by atoms with Crippen molar-refractivity contribution in [1.82, 2.24) is 4.90 Å². The molecular formula is C17H21NO3. The molecule has 1 N–H and O–H groups in total. The number of carboxylic acid groups (broad SMARTS) is 1. The smallest absolute Gasteiger partial charge is 0.306 e. The van der Waals surface area contributed by atoms with Crippen LogP contribution in [0.1, 0.15) is 36.8 Å². The quantitative estimate of drug-likeness (QED) is 0.909. The van der Waals surface area contributed by atoms with Crippen molar-refractivity contribution in [1.29, 1.82) is 0 Å². The number of benzene rings is 1. The number of amides is 1. The number of rotatable bonds is 2. The molecule has 4 nitrogen and oxygen atoms in total. The molecule has 0 unspecified atom stereocenters. The van der Waals surface area contributed by atoms with Crippen LogP contribution in [0.4, 0.5) is 0 Å². The summed E-state index contributed by atoms with van der Waals surface area (Å²) in [5.41, 5.74) is 2.55. The third-order valence-corrected chi connectivity index (χ3v) is 4.82. The topological polar surface area (TPSA) is 57.6 Å². The first-order valence-corrected chi connectivity index (χ1v) is 7.73. The number of nitrogens with zero attached hydrogens (tertiary/aromatic N) is 1. The molecule has 1 aromatic rings. The van der Waals surface area contributed by atoms with Crippen molar-refractivity contribution in [2.75, 3.05) is 6.54 Å². The van der Waals surface area contributed by atoms with E-state index >= 15 is 0 Å². The Kier molecular flexibility index (Phi) is 3.95. The van der Waals surface area contributed by atoms with Crippen LogP contribution in [0.5, 0.6) is 0 Å². The Morgan fingerprint density at radius 3 is 2.57 bits per heavy atom. The average molecular weight is 287 g/mol. The molecule has 1 saturated carbocycles. The Bertz CT molecular complexity index is 555. The first kappa shape index (κ1) is 14.1. The van der Waals surface area contributed by atoms with Gasteiger partial charge in [-0.25, -0.2) is 0 Å². The van der Waals surface area contributed by atoms with Gasteiger partial charge in [-0.2, -0.15) is 0 Å². The zero-order valence-electron chi connectivity index (χ0n) is 12.1. The summed E-state index contributed by atoms with van der Waals surface area (Å²) in [6.45, 7) is 1.42. The first-order chi connectivity index (χ1) is 10.1. The molecule has 2 atom stereocenters. The molecule has 1 aliphatic heterocycles. The van der Waals surface area contributed by atoms with Crippen molar-refractivity contribution >= 4 is 11.9 Å². The second-order valence-electron chi connectivity index (χ2n) is 6.18. The lowest BCUT2D eigenvalue weighted by atomic mass is 9.80. The Morgan fingerprint density at radius 2 is 1.81 bits per heavy atom. The standard InChI is InChI=1S/C17H21NO3/c19-16(13-6-3-7-14(10-13)17(20)21)18-9-8-12-4-1-2-5-15(12)11-18/h1-2,4-5,13-14H,3,6-11H2,(H,20,21)/t13-,14-/m0/s1. The summed E-state index contributed by atoms with van der Waals surface area (Å²) in [4.78, 5) is 25.7. The summed E-state index contributed by atoms with van der Waals surface area (Å²) in [7, 11) is 0. The third kappa shape index (κ3) is 2.94. The molecule has 112 valence electrons. The fraction of sp³-hybridized carbons (Fsp3) is 0.529. The van der Waals surface area contributed by atoms with Gasteiger partial charge >= 0.3 is 5.97 Å². The summed E-state index contributed by atoms with van der Waals surface area (Å²) in [6.07, 6.45) is 3.80. The number of fused-ring (bicyclic) bond motifs is 1. The van der Waals surface area contributed by atoms with Crippen LogP contribution in [-0.2, 0) is 22.6 Å². The number of carboxylic acids is 1. The number of aliphatic carboxylic acids is 1. The predicted molar refractivity (Wildman–Crippen MR) is 78.6 cm³/mol. The zero-order chi connectivity index (χ0) is 14.8. The molecular weight excluding hydrogens is 266 g/mol. The Balaban J connectivity index is 1.67. The number of carbonyl (C=O) groups excluding carboxylic acids is 1. The molecule has 1 aliphatic carbocycles. The predicted octanol–water partition coefficient (Wildman–Crippen LogP) is 2.46. The first-order valence-electron chi connectivity index (χ1n) is 7.73. The maximum Gasteiger partial charge on any atom is 0.306 e. The highest BCUT2D eigenvalue weighted by Gasteiger charge is 2.34. The highest BCUT2D eigenvalue weighted by molar-refractivity contribution is 5.80. The van der Waals surface area contributed by atoms with Gasteiger partial charge in [0.15, 0.2) is 0 Å². The van der Waals surface area contributed by atoms with E-state index < -0.39 is 5.97 Å². The lowest BCUT2D eigenvalue weighted by Crippen LogP contribution is -2.41. The molecule has 0 saturated heterocycles. The highest BCUT2D eigenvalue weighted by Crippen LogP contribution is 2.31. The Labute approximate surface area is 124 Å². The van der Waals surface area contributed by atoms with Crippen LogP contribution in [0.25, 0.3) is 0 Å². The summed E-state index contributed by atoms with van der Waals surface area (Å²) in [5, 5.41) is 9.15. The molecule has 1 aromatic carbocycles. The molecule has 0 bridgehead atoms. The summed E-state index contributed by atoms with van der Waals surface area (Å²) >= 11 is 0. The molecule has 2 aliphatic rings. The molecule has 0 aromatic heterocycles. The van der Waals surface area contributed by atoms with E-state index in [1.165, 1.54) is 11.1 Å². The third-order valence-electron chi connectivity index (χ3n) is 4.82. The lowest BCUT2D eigenvalue weighted by molar-refractivity contribution is -0.145. The van der Waals surface area contributed by atoms with E-state index in [2.05, 4.69) is 12.1 Å². The Morgan fingerprint density at radius 1 is 1.10 bits per heavy atom. The molecule has 1 fully saturated rings. The fourth-order valence-corrected chi connectivity index (χ4v) is 3.58. The van der Waals surface area contributed by atoms with Crippen molar-refractivity contribution in [2.24, 2.45) is 11.8 Å². The van der Waals surface area contributed by atoms with Gasteiger partial charge in [-0.15, -0.1) is 0 Å². The van der Waals surface area contributed by atoms with Crippen molar-refractivity contribution in [3.05, 3.63) is 35.4 Å². The summed E-state index contributed by atoms with van der Waals surface area (Å²) < 4.78 is 0. The SMILES string of the molecule is O=C(O)[C@H]1CCC[C@H](C(=O)N2CCc3ccccc3C2)C1. The Hall–Kier alpha value is -1.84. The number of hydrogen-bond donors (Lipinski definition) is 1. The van der Waals surface area contributed by atoms with E-state index in [0.717, 1.165) is 25.8 Å². The minimum Gasteiger partial charge on any atom is -0.481 e. The number of carbonyl (C=O) groups is 2. The zero-order valence-corrected chi connectivity index (χ0v) is 12.1. The maximum absolute atomic E-state index is 12.7. The van der Waals surface area contributed by atoms with Gasteiger partial charge in [-0.1, -0.05) is 30.7 Å². The average Bonchev–Trinajstić information content (AvgIpc) is 2.53. The molecule has 1 amide bonds. The van der Waals surface area contributed by atoms with Crippen LogP contribution >= 0.6 is 0 Å². The minimum atomic E-state index is -0.753. The van der Waals surface area contributed by atoms with Crippen LogP contribution in [0, 0.1) is 11.8 Å². The van der Waals surface area contributed by atoms with Gasteiger partial charge < -0.3 is 10.0 Å². The molecule has 1 heterocycles. The van der Waals surface area contributed by atoms with E-state index in [1.807, 2.05) is 17.0 Å². The second kappa shape index (κ2) is 5.88.